The molecule has 2 heteroatoms. The minimum absolute atomic E-state index is 0.441. The average Bonchev–Trinajstić information content (AvgIpc) is 2.76. The van der Waals surface area contributed by atoms with Gasteiger partial charge in [-0.3, -0.25) is 0 Å². The van der Waals surface area contributed by atoms with E-state index in [4.69, 9.17) is 0 Å². The molecule has 0 saturated carbocycles. The van der Waals surface area contributed by atoms with E-state index < -0.39 is 0 Å². The molecule has 0 bridgehead atoms. The molecule has 0 saturated heterocycles. The van der Waals surface area contributed by atoms with E-state index in [2.05, 4.69) is 64.2 Å². The Morgan fingerprint density at radius 2 is 1.76 bits per heavy atom. The zero-order valence-electron chi connectivity index (χ0n) is 14.1. The average molecular weight is 304 g/mol. The summed E-state index contributed by atoms with van der Waals surface area (Å²) in [4.78, 5) is 1.49. The summed E-state index contributed by atoms with van der Waals surface area (Å²) in [6.45, 7) is 11.5. The first-order valence-electron chi connectivity index (χ1n) is 8.23. The zero-order valence-corrected chi connectivity index (χ0v) is 14.9. The molecule has 1 aromatic heterocycles. The Hall–Kier alpha value is -0.860. The summed E-state index contributed by atoms with van der Waals surface area (Å²) in [7, 11) is 0. The fraction of sp³-hybridized carbons (Fsp3) is 0.579. The van der Waals surface area contributed by atoms with Gasteiger partial charge in [0, 0.05) is 21.7 Å². The first kappa shape index (κ1) is 16.5. The minimum Gasteiger partial charge on any atom is -0.307 e. The molecule has 0 radical (unpaired) electrons. The molecule has 1 nitrogen and oxygen atoms in total. The van der Waals surface area contributed by atoms with Gasteiger partial charge in [0.2, 0.25) is 0 Å². The van der Waals surface area contributed by atoms with Gasteiger partial charge in [0.05, 0.1) is 0 Å². The summed E-state index contributed by atoms with van der Waals surface area (Å²) in [6, 6.07) is 9.77. The van der Waals surface area contributed by atoms with Crippen LogP contribution < -0.4 is 5.32 Å². The number of thiophene rings is 1. The van der Waals surface area contributed by atoms with Crippen LogP contribution in [0.1, 0.15) is 63.4 Å². The van der Waals surface area contributed by atoms with Crippen molar-refractivity contribution in [3.8, 4) is 0 Å². The van der Waals surface area contributed by atoms with E-state index in [1.807, 2.05) is 11.3 Å². The molecular weight excluding hydrogens is 274 g/mol. The van der Waals surface area contributed by atoms with Crippen molar-refractivity contribution in [3.05, 3.63) is 34.7 Å². The van der Waals surface area contributed by atoms with Crippen molar-refractivity contribution >= 4 is 21.4 Å². The van der Waals surface area contributed by atoms with Gasteiger partial charge in [0.25, 0.3) is 0 Å². The molecule has 0 amide bonds. The van der Waals surface area contributed by atoms with Gasteiger partial charge in [0.15, 0.2) is 0 Å². The van der Waals surface area contributed by atoms with E-state index in [0.29, 0.717) is 12.1 Å². The normalized spacial score (nSPS) is 14.8. The predicted molar refractivity (Wildman–Crippen MR) is 96.3 cm³/mol. The van der Waals surface area contributed by atoms with Crippen LogP contribution in [0.3, 0.4) is 0 Å². The maximum atomic E-state index is 3.78. The van der Waals surface area contributed by atoms with Crippen LogP contribution in [0.2, 0.25) is 0 Å². The summed E-state index contributed by atoms with van der Waals surface area (Å²) in [5.74, 6) is 0.819. The van der Waals surface area contributed by atoms with Crippen LogP contribution in [-0.2, 0) is 0 Å². The van der Waals surface area contributed by atoms with Gasteiger partial charge in [-0.1, -0.05) is 44.9 Å². The molecule has 116 valence electrons. The molecule has 0 spiro atoms. The second kappa shape index (κ2) is 7.42. The lowest BCUT2D eigenvalue weighted by molar-refractivity contribution is 0.426. The van der Waals surface area contributed by atoms with Crippen LogP contribution in [0.25, 0.3) is 10.1 Å². The maximum absolute atomic E-state index is 3.78. The lowest BCUT2D eigenvalue weighted by Gasteiger charge is -2.20. The number of rotatable bonds is 7. The molecule has 0 aliphatic carbocycles. The second-order valence-electron chi connectivity index (χ2n) is 6.70. The highest BCUT2D eigenvalue weighted by Gasteiger charge is 2.16. The fourth-order valence-electron chi connectivity index (χ4n) is 3.02. The number of hydrogen-bond donors (Lipinski definition) is 1. The van der Waals surface area contributed by atoms with Gasteiger partial charge in [-0.25, -0.2) is 0 Å². The van der Waals surface area contributed by atoms with Crippen LogP contribution in [0.5, 0.6) is 0 Å². The van der Waals surface area contributed by atoms with E-state index in [-0.39, 0.29) is 0 Å². The Bertz CT molecular complexity index is 570. The van der Waals surface area contributed by atoms with E-state index in [9.17, 15) is 0 Å². The van der Waals surface area contributed by atoms with Crippen LogP contribution in [0.4, 0.5) is 0 Å². The molecule has 1 N–H and O–H groups in total. The molecule has 2 unspecified atom stereocenters. The number of benzene rings is 1. The number of aryl methyl sites for hydroxylation is 1. The molecule has 1 heterocycles. The third kappa shape index (κ3) is 4.31. The Balaban J connectivity index is 1.98. The van der Waals surface area contributed by atoms with Gasteiger partial charge in [-0.05, 0) is 50.1 Å². The minimum atomic E-state index is 0.441. The van der Waals surface area contributed by atoms with Crippen molar-refractivity contribution in [2.75, 3.05) is 0 Å². The largest absolute Gasteiger partial charge is 0.307 e. The van der Waals surface area contributed by atoms with E-state index in [1.54, 1.807) is 0 Å². The van der Waals surface area contributed by atoms with Crippen molar-refractivity contribution in [2.24, 2.45) is 5.92 Å². The van der Waals surface area contributed by atoms with Gasteiger partial charge >= 0.3 is 0 Å². The van der Waals surface area contributed by atoms with E-state index in [0.717, 1.165) is 5.92 Å². The molecule has 2 atom stereocenters. The highest BCUT2D eigenvalue weighted by Crippen LogP contribution is 2.34. The quantitative estimate of drug-likeness (QED) is 0.654. The van der Waals surface area contributed by atoms with Crippen molar-refractivity contribution in [2.45, 2.75) is 66.0 Å². The van der Waals surface area contributed by atoms with Crippen LogP contribution >= 0.6 is 11.3 Å². The Morgan fingerprint density at radius 1 is 1.05 bits per heavy atom. The topological polar surface area (TPSA) is 12.0 Å². The lowest BCUT2D eigenvalue weighted by Crippen LogP contribution is -2.28. The van der Waals surface area contributed by atoms with Crippen LogP contribution in [0, 0.1) is 12.8 Å². The second-order valence-corrected chi connectivity index (χ2v) is 7.79. The fourth-order valence-corrected chi connectivity index (χ4v) is 4.25. The third-order valence-corrected chi connectivity index (χ3v) is 5.68. The smallest absolute Gasteiger partial charge is 0.0391 e. The lowest BCUT2D eigenvalue weighted by atomic mass is 10.0. The van der Waals surface area contributed by atoms with Crippen molar-refractivity contribution in [1.29, 1.82) is 0 Å². The maximum Gasteiger partial charge on any atom is 0.0391 e. The van der Waals surface area contributed by atoms with Crippen molar-refractivity contribution < 1.29 is 0 Å². The molecule has 21 heavy (non-hydrogen) atoms. The summed E-state index contributed by atoms with van der Waals surface area (Å²) in [5.41, 5.74) is 1.45. The van der Waals surface area contributed by atoms with Gasteiger partial charge in [-0.15, -0.1) is 11.3 Å². The SMILES string of the molecule is Cc1c(C(C)NC(C)CCCC(C)C)sc2ccccc12. The number of hydrogen-bond acceptors (Lipinski definition) is 2. The summed E-state index contributed by atoms with van der Waals surface area (Å²) < 4.78 is 1.41. The van der Waals surface area contributed by atoms with Gasteiger partial charge < -0.3 is 5.32 Å². The molecular formula is C19H29NS. The molecule has 0 aliphatic heterocycles. The highest BCUT2D eigenvalue weighted by atomic mass is 32.1. The van der Waals surface area contributed by atoms with Gasteiger partial charge in [0.1, 0.15) is 0 Å². The van der Waals surface area contributed by atoms with Gasteiger partial charge in [-0.2, -0.15) is 0 Å². The predicted octanol–water partition coefficient (Wildman–Crippen LogP) is 6.08. The first-order chi connectivity index (χ1) is 9.99. The third-order valence-electron chi connectivity index (χ3n) is 4.23. The number of nitrogens with one attached hydrogen (secondary N) is 1. The van der Waals surface area contributed by atoms with Crippen molar-refractivity contribution in [1.82, 2.24) is 5.32 Å². The highest BCUT2D eigenvalue weighted by molar-refractivity contribution is 7.19. The monoisotopic (exact) mass is 303 g/mol. The Morgan fingerprint density at radius 3 is 2.43 bits per heavy atom. The number of fused-ring (bicyclic) bond motifs is 1. The Kier molecular flexibility index (Phi) is 5.83. The molecule has 2 aromatic rings. The zero-order chi connectivity index (χ0) is 15.4. The Labute approximate surface area is 133 Å². The van der Waals surface area contributed by atoms with Crippen LogP contribution in [0.15, 0.2) is 24.3 Å². The molecule has 2 rings (SSSR count). The summed E-state index contributed by atoms with van der Waals surface area (Å²) in [5, 5.41) is 5.20. The molecule has 1 aromatic carbocycles. The summed E-state index contributed by atoms with van der Waals surface area (Å²) >= 11 is 1.94. The van der Waals surface area contributed by atoms with E-state index in [1.165, 1.54) is 39.8 Å². The standard InChI is InChI=1S/C19H29NS/c1-13(2)9-8-10-14(3)20-16(5)19-15(4)17-11-6-7-12-18(17)21-19/h6-7,11-14,16,20H,8-10H2,1-5H3. The van der Waals surface area contributed by atoms with Crippen LogP contribution in [-0.4, -0.2) is 6.04 Å². The molecule has 0 fully saturated rings. The van der Waals surface area contributed by atoms with Crippen molar-refractivity contribution in [3.63, 3.8) is 0 Å². The summed E-state index contributed by atoms with van der Waals surface area (Å²) in [6.07, 6.45) is 3.93. The first-order valence-corrected chi connectivity index (χ1v) is 9.04. The molecule has 0 aliphatic rings. The van der Waals surface area contributed by atoms with E-state index >= 15 is 0 Å².